The number of ether oxygens (including phenoxy) is 1. The van der Waals surface area contributed by atoms with E-state index in [4.69, 9.17) is 4.74 Å². The van der Waals surface area contributed by atoms with Gasteiger partial charge in [-0.3, -0.25) is 4.79 Å². The van der Waals surface area contributed by atoms with Crippen LogP contribution in [0.15, 0.2) is 18.2 Å². The van der Waals surface area contributed by atoms with Crippen LogP contribution in [0.4, 0.5) is 5.69 Å². The van der Waals surface area contributed by atoms with Gasteiger partial charge in [0, 0.05) is 10.6 Å². The van der Waals surface area contributed by atoms with Gasteiger partial charge >= 0.3 is 0 Å². The highest BCUT2D eigenvalue weighted by atomic mass is 32.1. The molecule has 0 bridgehead atoms. The Hall–Kier alpha value is -2.27. The number of fused-ring (bicyclic) bond motifs is 1. The van der Waals surface area contributed by atoms with E-state index >= 15 is 0 Å². The van der Waals surface area contributed by atoms with Gasteiger partial charge in [-0.15, -0.1) is 11.3 Å². The maximum atomic E-state index is 12.8. The van der Waals surface area contributed by atoms with E-state index in [1.165, 1.54) is 5.56 Å². The maximum absolute atomic E-state index is 12.8. The maximum Gasteiger partial charge on any atom is 0.259 e. The number of benzene rings is 1. The molecular formula is C18H20N2O2S. The number of hydrogen-bond donors (Lipinski definition) is 2. The summed E-state index contributed by atoms with van der Waals surface area (Å²) in [4.78, 5) is 17.2. The molecule has 1 aromatic carbocycles. The van der Waals surface area contributed by atoms with E-state index < -0.39 is 0 Å². The number of rotatable bonds is 3. The van der Waals surface area contributed by atoms with Crippen molar-refractivity contribution in [3.8, 4) is 5.75 Å². The number of thiophene rings is 1. The van der Waals surface area contributed by atoms with Gasteiger partial charge in [0.15, 0.2) is 0 Å². The first-order valence-electron chi connectivity index (χ1n) is 7.46. The quantitative estimate of drug-likeness (QED) is 0.730. The molecule has 0 unspecified atom stereocenters. The van der Waals surface area contributed by atoms with Gasteiger partial charge in [0.1, 0.15) is 5.75 Å². The first-order chi connectivity index (χ1) is 10.9. The smallest absolute Gasteiger partial charge is 0.259 e. The zero-order chi connectivity index (χ0) is 16.7. The highest BCUT2D eigenvalue weighted by Crippen LogP contribution is 2.35. The Morgan fingerprint density at radius 3 is 2.65 bits per heavy atom. The minimum Gasteiger partial charge on any atom is -0.495 e. The number of anilines is 1. The molecule has 0 spiro atoms. The lowest BCUT2D eigenvalue weighted by Gasteiger charge is -2.11. The number of aryl methyl sites for hydroxylation is 4. The average molecular weight is 328 g/mol. The third-order valence-electron chi connectivity index (χ3n) is 4.13. The van der Waals surface area contributed by atoms with Gasteiger partial charge in [0.2, 0.25) is 0 Å². The van der Waals surface area contributed by atoms with E-state index in [9.17, 15) is 4.79 Å². The van der Waals surface area contributed by atoms with Crippen LogP contribution >= 0.6 is 11.3 Å². The Labute approximate surface area is 139 Å². The van der Waals surface area contributed by atoms with Crippen molar-refractivity contribution in [3.63, 3.8) is 0 Å². The summed E-state index contributed by atoms with van der Waals surface area (Å²) < 4.78 is 6.49. The number of amides is 1. The minimum absolute atomic E-state index is 0.112. The van der Waals surface area contributed by atoms with Crippen molar-refractivity contribution in [1.29, 1.82) is 0 Å². The summed E-state index contributed by atoms with van der Waals surface area (Å²) >= 11 is 1.65. The van der Waals surface area contributed by atoms with E-state index in [-0.39, 0.29) is 5.91 Å². The standard InChI is InChI=1S/C18H20N2O2S/c1-9-6-7-14(22-5)13(8-9)20-18(21)15-12(4)23-17-10(2)11(3)19-16(15)17/h6-8,19H,1-5H3,(H,20,21). The highest BCUT2D eigenvalue weighted by Gasteiger charge is 2.21. The minimum atomic E-state index is -0.112. The molecule has 120 valence electrons. The Kier molecular flexibility index (Phi) is 3.90. The summed E-state index contributed by atoms with van der Waals surface area (Å²) in [5, 5.41) is 2.99. The summed E-state index contributed by atoms with van der Waals surface area (Å²) in [5.74, 6) is 0.547. The first-order valence-corrected chi connectivity index (χ1v) is 8.28. The monoisotopic (exact) mass is 328 g/mol. The molecule has 0 saturated carbocycles. The molecule has 0 saturated heterocycles. The molecule has 2 N–H and O–H groups in total. The molecule has 0 atom stereocenters. The van der Waals surface area contributed by atoms with E-state index in [0.717, 1.165) is 26.4 Å². The molecule has 3 rings (SSSR count). The van der Waals surface area contributed by atoms with Gasteiger partial charge in [-0.2, -0.15) is 0 Å². The second kappa shape index (κ2) is 5.74. The molecule has 4 nitrogen and oxygen atoms in total. The van der Waals surface area contributed by atoms with Crippen LogP contribution in [0.2, 0.25) is 0 Å². The van der Waals surface area contributed by atoms with Crippen LogP contribution in [-0.4, -0.2) is 18.0 Å². The molecule has 0 aliphatic heterocycles. The van der Waals surface area contributed by atoms with Crippen molar-refractivity contribution in [2.75, 3.05) is 12.4 Å². The third kappa shape index (κ3) is 2.61. The fourth-order valence-corrected chi connectivity index (χ4v) is 3.92. The van der Waals surface area contributed by atoms with Gasteiger partial charge in [-0.1, -0.05) is 6.07 Å². The zero-order valence-electron chi connectivity index (χ0n) is 14.0. The fraction of sp³-hybridized carbons (Fsp3) is 0.278. The van der Waals surface area contributed by atoms with E-state index in [0.29, 0.717) is 17.0 Å². The van der Waals surface area contributed by atoms with Crippen LogP contribution < -0.4 is 10.1 Å². The van der Waals surface area contributed by atoms with Crippen LogP contribution in [0.3, 0.4) is 0 Å². The van der Waals surface area contributed by atoms with Crippen molar-refractivity contribution in [3.05, 3.63) is 45.5 Å². The number of carbonyl (C=O) groups excluding carboxylic acids is 1. The number of hydrogen-bond acceptors (Lipinski definition) is 3. The molecular weight excluding hydrogens is 308 g/mol. The van der Waals surface area contributed by atoms with Gasteiger partial charge in [0.05, 0.1) is 28.6 Å². The second-order valence-corrected chi connectivity index (χ2v) is 6.99. The summed E-state index contributed by atoms with van der Waals surface area (Å²) in [6.07, 6.45) is 0. The molecule has 0 fully saturated rings. The molecule has 0 aliphatic carbocycles. The number of H-pyrrole nitrogens is 1. The van der Waals surface area contributed by atoms with Crippen LogP contribution in [-0.2, 0) is 0 Å². The molecule has 0 radical (unpaired) electrons. The summed E-state index contributed by atoms with van der Waals surface area (Å²) in [5.41, 5.74) is 5.71. The van der Waals surface area contributed by atoms with Gasteiger partial charge in [-0.05, 0) is 51.0 Å². The van der Waals surface area contributed by atoms with Crippen LogP contribution in [0.1, 0.15) is 32.1 Å². The number of carbonyl (C=O) groups is 1. The Morgan fingerprint density at radius 1 is 1.22 bits per heavy atom. The SMILES string of the molecule is COc1ccc(C)cc1NC(=O)c1c(C)sc2c(C)c(C)[nH]c12. The Bertz CT molecular complexity index is 906. The van der Waals surface area contributed by atoms with Crippen molar-refractivity contribution in [2.24, 2.45) is 0 Å². The average Bonchev–Trinajstić information content (AvgIpc) is 2.95. The molecule has 0 aliphatic rings. The van der Waals surface area contributed by atoms with Crippen molar-refractivity contribution in [1.82, 2.24) is 4.98 Å². The van der Waals surface area contributed by atoms with Gasteiger partial charge in [0.25, 0.3) is 5.91 Å². The van der Waals surface area contributed by atoms with Crippen LogP contribution in [0.5, 0.6) is 5.75 Å². The molecule has 1 amide bonds. The van der Waals surface area contributed by atoms with Crippen molar-refractivity contribution >= 4 is 33.1 Å². The topological polar surface area (TPSA) is 54.1 Å². The summed E-state index contributed by atoms with van der Waals surface area (Å²) in [6, 6.07) is 5.74. The van der Waals surface area contributed by atoms with Gasteiger partial charge < -0.3 is 15.0 Å². The van der Waals surface area contributed by atoms with E-state index in [1.54, 1.807) is 18.4 Å². The summed E-state index contributed by atoms with van der Waals surface area (Å²) in [7, 11) is 1.60. The molecule has 2 aromatic heterocycles. The van der Waals surface area contributed by atoms with Crippen LogP contribution in [0.25, 0.3) is 10.2 Å². The van der Waals surface area contributed by atoms with E-state index in [2.05, 4.69) is 17.2 Å². The first kappa shape index (κ1) is 15.6. The third-order valence-corrected chi connectivity index (χ3v) is 5.35. The van der Waals surface area contributed by atoms with Gasteiger partial charge in [-0.25, -0.2) is 0 Å². The molecule has 5 heteroatoms. The molecule has 23 heavy (non-hydrogen) atoms. The predicted octanol–water partition coefficient (Wildman–Crippen LogP) is 4.72. The number of aromatic nitrogens is 1. The molecule has 3 aromatic rings. The van der Waals surface area contributed by atoms with Crippen molar-refractivity contribution < 1.29 is 9.53 Å². The van der Waals surface area contributed by atoms with Crippen molar-refractivity contribution in [2.45, 2.75) is 27.7 Å². The molecule has 2 heterocycles. The summed E-state index contributed by atoms with van der Waals surface area (Å²) in [6.45, 7) is 8.08. The number of nitrogens with one attached hydrogen (secondary N) is 2. The lowest BCUT2D eigenvalue weighted by Crippen LogP contribution is -2.13. The normalized spacial score (nSPS) is 11.0. The zero-order valence-corrected chi connectivity index (χ0v) is 14.8. The fourth-order valence-electron chi connectivity index (χ4n) is 2.76. The number of aromatic amines is 1. The number of methoxy groups -OCH3 is 1. The predicted molar refractivity (Wildman–Crippen MR) is 96.1 cm³/mol. The largest absolute Gasteiger partial charge is 0.495 e. The van der Waals surface area contributed by atoms with E-state index in [1.807, 2.05) is 39.0 Å². The Balaban J connectivity index is 2.03. The second-order valence-electron chi connectivity index (χ2n) is 5.77. The highest BCUT2D eigenvalue weighted by molar-refractivity contribution is 7.19. The van der Waals surface area contributed by atoms with Crippen LogP contribution in [0, 0.1) is 27.7 Å². The Morgan fingerprint density at radius 2 is 1.96 bits per heavy atom. The lowest BCUT2D eigenvalue weighted by atomic mass is 10.1. The lowest BCUT2D eigenvalue weighted by molar-refractivity contribution is 0.102.